The topological polar surface area (TPSA) is 66.4 Å². The van der Waals surface area contributed by atoms with E-state index in [-0.39, 0.29) is 17.7 Å². The minimum Gasteiger partial charge on any atom is -0.480 e. The molecule has 0 heterocycles. The molecule has 3 atom stereocenters. The van der Waals surface area contributed by atoms with Gasteiger partial charge in [0.2, 0.25) is 5.91 Å². The molecule has 2 rings (SSSR count). The number of carbonyl (C=O) groups excluding carboxylic acids is 1. The van der Waals surface area contributed by atoms with Crippen LogP contribution in [0.1, 0.15) is 38.2 Å². The molecule has 102 valence electrons. The monoisotopic (exact) mass is 261 g/mol. The molecule has 19 heavy (non-hydrogen) atoms. The van der Waals surface area contributed by atoms with Crippen LogP contribution in [0.2, 0.25) is 0 Å². The molecule has 0 aromatic heterocycles. The van der Waals surface area contributed by atoms with Gasteiger partial charge in [0.25, 0.3) is 0 Å². The molecule has 1 aromatic rings. The van der Waals surface area contributed by atoms with Crippen LogP contribution in [-0.4, -0.2) is 22.5 Å². The van der Waals surface area contributed by atoms with Gasteiger partial charge in [-0.1, -0.05) is 37.3 Å². The zero-order valence-electron chi connectivity index (χ0n) is 11.2. The van der Waals surface area contributed by atoms with E-state index < -0.39 is 11.5 Å². The Labute approximate surface area is 112 Å². The van der Waals surface area contributed by atoms with E-state index in [1.807, 2.05) is 30.3 Å². The second-order valence-electron chi connectivity index (χ2n) is 5.34. The van der Waals surface area contributed by atoms with E-state index in [1.54, 1.807) is 13.8 Å². The van der Waals surface area contributed by atoms with Crippen LogP contribution in [-0.2, 0) is 9.59 Å². The lowest BCUT2D eigenvalue weighted by molar-refractivity contribution is -0.147. The van der Waals surface area contributed by atoms with Crippen LogP contribution in [0.5, 0.6) is 0 Å². The highest BCUT2D eigenvalue weighted by Gasteiger charge is 2.46. The fraction of sp³-hybridized carbons (Fsp3) is 0.467. The zero-order valence-corrected chi connectivity index (χ0v) is 11.2. The number of carbonyl (C=O) groups is 2. The van der Waals surface area contributed by atoms with Crippen LogP contribution in [0.15, 0.2) is 30.3 Å². The molecule has 1 aliphatic carbocycles. The standard InChI is InChI=1S/C15H19NO3/c1-3-15(2,14(18)19)16-13(17)12-9-11(12)10-7-5-4-6-8-10/h4-8,11-12H,3,9H2,1-2H3,(H,16,17)(H,18,19). The summed E-state index contributed by atoms with van der Waals surface area (Å²) in [6, 6.07) is 9.87. The van der Waals surface area contributed by atoms with Gasteiger partial charge in [0.1, 0.15) is 5.54 Å². The molecule has 1 aromatic carbocycles. The molecule has 0 radical (unpaired) electrons. The molecule has 1 amide bonds. The average Bonchev–Trinajstić information content (AvgIpc) is 3.19. The summed E-state index contributed by atoms with van der Waals surface area (Å²) in [6.45, 7) is 3.31. The van der Waals surface area contributed by atoms with Gasteiger partial charge in [-0.05, 0) is 31.2 Å². The molecular weight excluding hydrogens is 242 g/mol. The van der Waals surface area contributed by atoms with E-state index in [0.717, 1.165) is 12.0 Å². The van der Waals surface area contributed by atoms with Gasteiger partial charge in [-0.25, -0.2) is 4.79 Å². The first-order chi connectivity index (χ1) is 8.98. The summed E-state index contributed by atoms with van der Waals surface area (Å²) in [4.78, 5) is 23.3. The number of hydrogen-bond donors (Lipinski definition) is 2. The summed E-state index contributed by atoms with van der Waals surface area (Å²) in [5, 5.41) is 11.8. The molecule has 1 aliphatic rings. The quantitative estimate of drug-likeness (QED) is 0.853. The smallest absolute Gasteiger partial charge is 0.329 e. The lowest BCUT2D eigenvalue weighted by atomic mass is 9.98. The molecule has 0 spiro atoms. The van der Waals surface area contributed by atoms with Gasteiger partial charge in [0.15, 0.2) is 0 Å². The molecule has 0 aliphatic heterocycles. The van der Waals surface area contributed by atoms with Crippen LogP contribution in [0, 0.1) is 5.92 Å². The van der Waals surface area contributed by atoms with Gasteiger partial charge in [-0.2, -0.15) is 0 Å². The Morgan fingerprint density at radius 2 is 2.00 bits per heavy atom. The van der Waals surface area contributed by atoms with Crippen molar-refractivity contribution in [3.05, 3.63) is 35.9 Å². The Morgan fingerprint density at radius 1 is 1.37 bits per heavy atom. The number of hydrogen-bond acceptors (Lipinski definition) is 2. The minimum atomic E-state index is -1.17. The van der Waals surface area contributed by atoms with E-state index in [0.29, 0.717) is 6.42 Å². The highest BCUT2D eigenvalue weighted by atomic mass is 16.4. The predicted octanol–water partition coefficient (Wildman–Crippen LogP) is 2.16. The van der Waals surface area contributed by atoms with Crippen molar-refractivity contribution in [3.8, 4) is 0 Å². The summed E-state index contributed by atoms with van der Waals surface area (Å²) in [5.41, 5.74) is -0.0165. The Balaban J connectivity index is 1.99. The first kappa shape index (κ1) is 13.6. The molecule has 4 nitrogen and oxygen atoms in total. The third kappa shape index (κ3) is 2.78. The van der Waals surface area contributed by atoms with Crippen molar-refractivity contribution in [2.45, 2.75) is 38.1 Å². The van der Waals surface area contributed by atoms with Crippen molar-refractivity contribution in [2.75, 3.05) is 0 Å². The fourth-order valence-electron chi connectivity index (χ4n) is 2.21. The zero-order chi connectivity index (χ0) is 14.0. The van der Waals surface area contributed by atoms with Crippen molar-refractivity contribution in [3.63, 3.8) is 0 Å². The van der Waals surface area contributed by atoms with Gasteiger partial charge in [0.05, 0.1) is 0 Å². The molecule has 2 N–H and O–H groups in total. The number of amides is 1. The van der Waals surface area contributed by atoms with Crippen LogP contribution in [0.3, 0.4) is 0 Å². The summed E-state index contributed by atoms with van der Waals surface area (Å²) < 4.78 is 0. The number of carboxylic acid groups (broad SMARTS) is 1. The molecule has 1 fully saturated rings. The van der Waals surface area contributed by atoms with Crippen molar-refractivity contribution in [1.82, 2.24) is 5.32 Å². The number of nitrogens with one attached hydrogen (secondary N) is 1. The maximum atomic E-state index is 12.1. The second kappa shape index (κ2) is 5.03. The first-order valence-corrected chi connectivity index (χ1v) is 6.58. The molecule has 0 saturated heterocycles. The summed E-state index contributed by atoms with van der Waals surface area (Å²) >= 11 is 0. The van der Waals surface area contributed by atoms with Crippen LogP contribution in [0.4, 0.5) is 0 Å². The molecule has 1 saturated carbocycles. The van der Waals surface area contributed by atoms with Crippen molar-refractivity contribution >= 4 is 11.9 Å². The SMILES string of the molecule is CCC(C)(NC(=O)C1CC1c1ccccc1)C(=O)O. The maximum Gasteiger partial charge on any atom is 0.329 e. The minimum absolute atomic E-state index is 0.0902. The van der Waals surface area contributed by atoms with E-state index in [4.69, 9.17) is 5.11 Å². The van der Waals surface area contributed by atoms with Gasteiger partial charge in [0, 0.05) is 5.92 Å². The Morgan fingerprint density at radius 3 is 2.53 bits per heavy atom. The van der Waals surface area contributed by atoms with Gasteiger partial charge >= 0.3 is 5.97 Å². The normalized spacial score (nSPS) is 24.3. The fourth-order valence-corrected chi connectivity index (χ4v) is 2.21. The van der Waals surface area contributed by atoms with E-state index in [1.165, 1.54) is 0 Å². The molecule has 0 bridgehead atoms. The van der Waals surface area contributed by atoms with Crippen LogP contribution >= 0.6 is 0 Å². The Bertz CT molecular complexity index is 485. The van der Waals surface area contributed by atoms with Crippen molar-refractivity contribution in [1.29, 1.82) is 0 Å². The predicted molar refractivity (Wildman–Crippen MR) is 71.8 cm³/mol. The van der Waals surface area contributed by atoms with Crippen molar-refractivity contribution < 1.29 is 14.7 Å². The van der Waals surface area contributed by atoms with E-state index >= 15 is 0 Å². The van der Waals surface area contributed by atoms with E-state index in [9.17, 15) is 9.59 Å². The first-order valence-electron chi connectivity index (χ1n) is 6.58. The third-order valence-electron chi connectivity index (χ3n) is 3.93. The highest BCUT2D eigenvalue weighted by Crippen LogP contribution is 2.47. The number of benzene rings is 1. The van der Waals surface area contributed by atoms with Gasteiger partial charge in [-0.3, -0.25) is 4.79 Å². The van der Waals surface area contributed by atoms with E-state index in [2.05, 4.69) is 5.32 Å². The Kier molecular flexibility index (Phi) is 3.60. The average molecular weight is 261 g/mol. The lowest BCUT2D eigenvalue weighted by Gasteiger charge is -2.24. The summed E-state index contributed by atoms with van der Waals surface area (Å²) in [6.07, 6.45) is 1.17. The lowest BCUT2D eigenvalue weighted by Crippen LogP contribution is -2.52. The summed E-state index contributed by atoms with van der Waals surface area (Å²) in [5.74, 6) is -0.996. The largest absolute Gasteiger partial charge is 0.480 e. The van der Waals surface area contributed by atoms with Gasteiger partial charge < -0.3 is 10.4 Å². The Hall–Kier alpha value is -1.84. The summed E-state index contributed by atoms with van der Waals surface area (Å²) in [7, 11) is 0. The van der Waals surface area contributed by atoms with Crippen LogP contribution in [0.25, 0.3) is 0 Å². The number of carboxylic acids is 1. The van der Waals surface area contributed by atoms with Gasteiger partial charge in [-0.15, -0.1) is 0 Å². The number of aliphatic carboxylic acids is 1. The molecule has 4 heteroatoms. The van der Waals surface area contributed by atoms with Crippen molar-refractivity contribution in [2.24, 2.45) is 5.92 Å². The third-order valence-corrected chi connectivity index (χ3v) is 3.93. The van der Waals surface area contributed by atoms with Crippen LogP contribution < -0.4 is 5.32 Å². The maximum absolute atomic E-state index is 12.1. The highest BCUT2D eigenvalue weighted by molar-refractivity contribution is 5.89. The second-order valence-corrected chi connectivity index (χ2v) is 5.34. The molecule has 3 unspecified atom stereocenters. The number of rotatable bonds is 5. The molecular formula is C15H19NO3.